The molecule has 1 aliphatic carbocycles. The number of nitrogens with zero attached hydrogens (tertiary/aromatic N) is 1. The molecule has 86 valence electrons. The summed E-state index contributed by atoms with van der Waals surface area (Å²) in [5, 5.41) is 3.57. The van der Waals surface area contributed by atoms with Crippen LogP contribution in [0.1, 0.15) is 36.0 Å². The normalized spacial score (nSPS) is 16.4. The first-order valence-corrected chi connectivity index (χ1v) is 6.04. The maximum Gasteiger partial charge on any atom is 0.253 e. The van der Waals surface area contributed by atoms with Crippen molar-refractivity contribution in [3.63, 3.8) is 0 Å². The number of carbonyl (C=O) groups is 1. The minimum Gasteiger partial charge on any atom is -0.349 e. The first-order chi connectivity index (χ1) is 7.66. The summed E-state index contributed by atoms with van der Waals surface area (Å²) in [5.74, 6) is -0.166. The van der Waals surface area contributed by atoms with Gasteiger partial charge in [0.15, 0.2) is 0 Å². The zero-order chi connectivity index (χ0) is 11.5. The fourth-order valence-electron chi connectivity index (χ4n) is 1.92. The Kier molecular flexibility index (Phi) is 3.66. The second-order valence-electron chi connectivity index (χ2n) is 3.94. The molecule has 0 unspecified atom stereocenters. The van der Waals surface area contributed by atoms with Crippen LogP contribution in [0.2, 0.25) is 10.2 Å². The van der Waals surface area contributed by atoms with Crippen LogP contribution in [-0.4, -0.2) is 16.9 Å². The monoisotopic (exact) mass is 258 g/mol. The number of carbonyl (C=O) groups excluding carboxylic acids is 1. The van der Waals surface area contributed by atoms with Crippen molar-refractivity contribution in [2.75, 3.05) is 0 Å². The van der Waals surface area contributed by atoms with Gasteiger partial charge in [-0.05, 0) is 18.9 Å². The summed E-state index contributed by atoms with van der Waals surface area (Å²) in [6.07, 6.45) is 5.84. The number of hydrogen-bond donors (Lipinski definition) is 1. The first-order valence-electron chi connectivity index (χ1n) is 5.29. The molecule has 1 aromatic heterocycles. The van der Waals surface area contributed by atoms with Crippen molar-refractivity contribution in [2.45, 2.75) is 31.7 Å². The van der Waals surface area contributed by atoms with Crippen LogP contribution in [0.4, 0.5) is 0 Å². The molecule has 0 saturated heterocycles. The van der Waals surface area contributed by atoms with Crippen molar-refractivity contribution in [2.24, 2.45) is 0 Å². The lowest BCUT2D eigenvalue weighted by Gasteiger charge is -2.12. The van der Waals surface area contributed by atoms with Gasteiger partial charge in [0, 0.05) is 12.2 Å². The molecule has 0 bridgehead atoms. The number of aromatic nitrogens is 1. The molecule has 3 nitrogen and oxygen atoms in total. The topological polar surface area (TPSA) is 42.0 Å². The molecule has 0 aromatic carbocycles. The van der Waals surface area contributed by atoms with E-state index in [0.717, 1.165) is 12.8 Å². The van der Waals surface area contributed by atoms with E-state index in [0.29, 0.717) is 10.6 Å². The second-order valence-corrected chi connectivity index (χ2v) is 4.74. The van der Waals surface area contributed by atoms with Crippen LogP contribution in [-0.2, 0) is 0 Å². The molecule has 5 heteroatoms. The highest BCUT2D eigenvalue weighted by Gasteiger charge is 2.19. The van der Waals surface area contributed by atoms with Gasteiger partial charge in [0.25, 0.3) is 5.91 Å². The lowest BCUT2D eigenvalue weighted by Crippen LogP contribution is -2.32. The zero-order valence-corrected chi connectivity index (χ0v) is 10.2. The van der Waals surface area contributed by atoms with E-state index in [1.54, 1.807) is 0 Å². The smallest absolute Gasteiger partial charge is 0.253 e. The maximum atomic E-state index is 11.9. The fourth-order valence-corrected chi connectivity index (χ4v) is 2.27. The summed E-state index contributed by atoms with van der Waals surface area (Å²) in [7, 11) is 0. The highest BCUT2D eigenvalue weighted by molar-refractivity contribution is 6.35. The largest absolute Gasteiger partial charge is 0.349 e. The minimum atomic E-state index is -0.166. The molecule has 1 N–H and O–H groups in total. The van der Waals surface area contributed by atoms with Gasteiger partial charge in [-0.15, -0.1) is 0 Å². The van der Waals surface area contributed by atoms with E-state index in [2.05, 4.69) is 10.3 Å². The van der Waals surface area contributed by atoms with Crippen molar-refractivity contribution in [1.82, 2.24) is 10.3 Å². The summed E-state index contributed by atoms with van der Waals surface area (Å²) < 4.78 is 0. The highest BCUT2D eigenvalue weighted by Crippen LogP contribution is 2.21. The van der Waals surface area contributed by atoms with Gasteiger partial charge in [-0.2, -0.15) is 0 Å². The number of halogens is 2. The Balaban J connectivity index is 2.10. The van der Waals surface area contributed by atoms with Gasteiger partial charge in [0.1, 0.15) is 5.15 Å². The lowest BCUT2D eigenvalue weighted by molar-refractivity contribution is 0.0938. The Morgan fingerprint density at radius 2 is 2.06 bits per heavy atom. The van der Waals surface area contributed by atoms with E-state index in [1.807, 2.05) is 0 Å². The fraction of sp³-hybridized carbons (Fsp3) is 0.455. The molecule has 16 heavy (non-hydrogen) atoms. The van der Waals surface area contributed by atoms with E-state index in [-0.39, 0.29) is 17.1 Å². The van der Waals surface area contributed by atoms with Crippen molar-refractivity contribution in [1.29, 1.82) is 0 Å². The molecule has 1 aliphatic rings. The Bertz CT molecular complexity index is 403. The Morgan fingerprint density at radius 3 is 2.75 bits per heavy atom. The summed E-state index contributed by atoms with van der Waals surface area (Å²) in [6, 6.07) is 1.77. The molecule has 1 aromatic rings. The number of rotatable bonds is 2. The number of nitrogens with one attached hydrogen (secondary N) is 1. The molecule has 1 saturated carbocycles. The third kappa shape index (κ3) is 2.66. The van der Waals surface area contributed by atoms with Crippen LogP contribution in [0.15, 0.2) is 12.3 Å². The van der Waals surface area contributed by atoms with Crippen molar-refractivity contribution >= 4 is 29.1 Å². The third-order valence-electron chi connectivity index (χ3n) is 2.76. The van der Waals surface area contributed by atoms with Crippen LogP contribution in [0, 0.1) is 0 Å². The second kappa shape index (κ2) is 5.02. The predicted octanol–water partition coefficient (Wildman–Crippen LogP) is 3.06. The molecule has 0 atom stereocenters. The number of pyridine rings is 1. The van der Waals surface area contributed by atoms with E-state index >= 15 is 0 Å². The van der Waals surface area contributed by atoms with E-state index in [4.69, 9.17) is 23.2 Å². The van der Waals surface area contributed by atoms with Gasteiger partial charge < -0.3 is 5.32 Å². The Morgan fingerprint density at radius 1 is 1.38 bits per heavy atom. The van der Waals surface area contributed by atoms with E-state index in [1.165, 1.54) is 25.1 Å². The summed E-state index contributed by atoms with van der Waals surface area (Å²) in [6.45, 7) is 0. The number of amides is 1. The highest BCUT2D eigenvalue weighted by atomic mass is 35.5. The minimum absolute atomic E-state index is 0.166. The molecule has 1 fully saturated rings. The zero-order valence-electron chi connectivity index (χ0n) is 8.67. The van der Waals surface area contributed by atoms with E-state index < -0.39 is 0 Å². The van der Waals surface area contributed by atoms with Gasteiger partial charge >= 0.3 is 0 Å². The average Bonchev–Trinajstić information content (AvgIpc) is 2.74. The lowest BCUT2D eigenvalue weighted by atomic mass is 10.2. The standard InChI is InChI=1S/C11H12Cl2N2O/c12-9-6-14-10(13)5-8(9)11(16)15-7-3-1-2-4-7/h5-7H,1-4H2,(H,15,16). The summed E-state index contributed by atoms with van der Waals surface area (Å²) >= 11 is 11.6. The molecule has 2 rings (SSSR count). The van der Waals surface area contributed by atoms with Crippen LogP contribution >= 0.6 is 23.2 Å². The molecular weight excluding hydrogens is 247 g/mol. The van der Waals surface area contributed by atoms with Gasteiger partial charge in [0.05, 0.1) is 10.6 Å². The molecule has 0 spiro atoms. The predicted molar refractivity (Wildman–Crippen MR) is 64.0 cm³/mol. The SMILES string of the molecule is O=C(NC1CCCC1)c1cc(Cl)ncc1Cl. The van der Waals surface area contributed by atoms with Crippen molar-refractivity contribution in [3.05, 3.63) is 28.0 Å². The van der Waals surface area contributed by atoms with Crippen molar-refractivity contribution < 1.29 is 4.79 Å². The molecule has 1 amide bonds. The van der Waals surface area contributed by atoms with Gasteiger partial charge in [-0.1, -0.05) is 36.0 Å². The van der Waals surface area contributed by atoms with Gasteiger partial charge in [-0.25, -0.2) is 4.98 Å². The van der Waals surface area contributed by atoms with Crippen LogP contribution in [0.5, 0.6) is 0 Å². The maximum absolute atomic E-state index is 11.9. The Hall–Kier alpha value is -0.800. The quantitative estimate of drug-likeness (QED) is 0.829. The summed E-state index contributed by atoms with van der Waals surface area (Å²) in [4.78, 5) is 15.7. The average molecular weight is 259 g/mol. The summed E-state index contributed by atoms with van der Waals surface area (Å²) in [5.41, 5.74) is 0.397. The number of hydrogen-bond acceptors (Lipinski definition) is 2. The molecule has 0 radical (unpaired) electrons. The molecule has 1 heterocycles. The van der Waals surface area contributed by atoms with Crippen LogP contribution in [0.25, 0.3) is 0 Å². The Labute approximate surface area is 104 Å². The molecular formula is C11H12Cl2N2O. The third-order valence-corrected chi connectivity index (χ3v) is 3.26. The molecule has 0 aliphatic heterocycles. The van der Waals surface area contributed by atoms with Gasteiger partial charge in [-0.3, -0.25) is 4.79 Å². The van der Waals surface area contributed by atoms with Crippen LogP contribution in [0.3, 0.4) is 0 Å². The first kappa shape index (κ1) is 11.7. The van der Waals surface area contributed by atoms with Crippen LogP contribution < -0.4 is 5.32 Å². The van der Waals surface area contributed by atoms with E-state index in [9.17, 15) is 4.79 Å². The van der Waals surface area contributed by atoms with Gasteiger partial charge in [0.2, 0.25) is 0 Å². The van der Waals surface area contributed by atoms with Crippen molar-refractivity contribution in [3.8, 4) is 0 Å².